The third-order valence-electron chi connectivity index (χ3n) is 3.98. The van der Waals surface area contributed by atoms with Gasteiger partial charge in [0, 0.05) is 31.4 Å². The molecule has 160 valence electrons. The molecule has 0 spiro atoms. The van der Waals surface area contributed by atoms with E-state index in [1.165, 1.54) is 18.0 Å². The van der Waals surface area contributed by atoms with Gasteiger partial charge in [0.2, 0.25) is 11.8 Å². The van der Waals surface area contributed by atoms with E-state index in [0.717, 1.165) is 0 Å². The van der Waals surface area contributed by atoms with E-state index in [1.807, 2.05) is 0 Å². The second kappa shape index (κ2) is 11.3. The van der Waals surface area contributed by atoms with Crippen molar-refractivity contribution in [2.75, 3.05) is 37.9 Å². The first-order valence-corrected chi connectivity index (χ1v) is 9.72. The Kier molecular flexibility index (Phi) is 8.76. The molecule has 0 saturated carbocycles. The van der Waals surface area contributed by atoms with E-state index in [4.69, 9.17) is 27.9 Å². The van der Waals surface area contributed by atoms with Crippen LogP contribution < -0.4 is 20.7 Å². The number of urea groups is 1. The molecule has 8 nitrogen and oxygen atoms in total. The highest BCUT2D eigenvalue weighted by atomic mass is 35.5. The van der Waals surface area contributed by atoms with Crippen LogP contribution in [0.3, 0.4) is 0 Å². The average Bonchev–Trinajstić information content (AvgIpc) is 2.71. The SMILES string of the molecule is COc1ccc(NC(=O)NCCC(=O)N(C)CC(=O)Nc2ccc(Cl)c(Cl)c2)cc1. The largest absolute Gasteiger partial charge is 0.497 e. The third kappa shape index (κ3) is 7.46. The van der Waals surface area contributed by atoms with Crippen molar-refractivity contribution >= 4 is 52.4 Å². The molecule has 0 radical (unpaired) electrons. The normalized spacial score (nSPS) is 10.1. The fraction of sp³-hybridized carbons (Fsp3) is 0.250. The Morgan fingerprint density at radius 3 is 2.27 bits per heavy atom. The number of amides is 4. The topological polar surface area (TPSA) is 99.8 Å². The lowest BCUT2D eigenvalue weighted by atomic mass is 10.3. The zero-order valence-corrected chi connectivity index (χ0v) is 18.0. The lowest BCUT2D eigenvalue weighted by Gasteiger charge is -2.17. The Labute approximate surface area is 184 Å². The van der Waals surface area contributed by atoms with Gasteiger partial charge in [-0.25, -0.2) is 4.79 Å². The van der Waals surface area contributed by atoms with Gasteiger partial charge in [0.05, 0.1) is 23.7 Å². The number of ether oxygens (including phenoxy) is 1. The number of carbonyl (C=O) groups is 3. The molecule has 0 aromatic heterocycles. The second-order valence-corrected chi connectivity index (χ2v) is 7.10. The average molecular weight is 453 g/mol. The Morgan fingerprint density at radius 2 is 1.63 bits per heavy atom. The number of benzene rings is 2. The number of carbonyl (C=O) groups excluding carboxylic acids is 3. The highest BCUT2D eigenvalue weighted by Crippen LogP contribution is 2.24. The first-order valence-electron chi connectivity index (χ1n) is 8.96. The van der Waals surface area contributed by atoms with Gasteiger partial charge in [0.25, 0.3) is 0 Å². The molecule has 30 heavy (non-hydrogen) atoms. The number of hydrogen-bond donors (Lipinski definition) is 3. The van der Waals surface area contributed by atoms with Gasteiger partial charge < -0.3 is 25.6 Å². The van der Waals surface area contributed by atoms with Crippen LogP contribution in [0.5, 0.6) is 5.75 Å². The summed E-state index contributed by atoms with van der Waals surface area (Å²) in [4.78, 5) is 37.4. The van der Waals surface area contributed by atoms with Crippen molar-refractivity contribution < 1.29 is 19.1 Å². The zero-order chi connectivity index (χ0) is 22.1. The predicted octanol–water partition coefficient (Wildman–Crippen LogP) is 3.61. The van der Waals surface area contributed by atoms with Crippen molar-refractivity contribution in [1.29, 1.82) is 0 Å². The van der Waals surface area contributed by atoms with Crippen molar-refractivity contribution in [2.45, 2.75) is 6.42 Å². The minimum atomic E-state index is -0.437. The highest BCUT2D eigenvalue weighted by Gasteiger charge is 2.14. The molecule has 0 aliphatic rings. The molecule has 0 heterocycles. The lowest BCUT2D eigenvalue weighted by molar-refractivity contribution is -0.133. The summed E-state index contributed by atoms with van der Waals surface area (Å²) >= 11 is 11.7. The van der Waals surface area contributed by atoms with Crippen LogP contribution in [0, 0.1) is 0 Å². The van der Waals surface area contributed by atoms with Crippen LogP contribution in [-0.2, 0) is 9.59 Å². The summed E-state index contributed by atoms with van der Waals surface area (Å²) in [6.07, 6.45) is 0.0482. The van der Waals surface area contributed by atoms with Crippen molar-refractivity contribution in [3.05, 3.63) is 52.5 Å². The van der Waals surface area contributed by atoms with E-state index < -0.39 is 6.03 Å². The van der Waals surface area contributed by atoms with E-state index >= 15 is 0 Å². The maximum atomic E-state index is 12.2. The fourth-order valence-corrected chi connectivity index (χ4v) is 2.70. The van der Waals surface area contributed by atoms with Gasteiger partial charge in [0.15, 0.2) is 0 Å². The van der Waals surface area contributed by atoms with Crippen molar-refractivity contribution in [1.82, 2.24) is 10.2 Å². The Hall–Kier alpha value is -2.97. The van der Waals surface area contributed by atoms with Gasteiger partial charge in [-0.1, -0.05) is 23.2 Å². The monoisotopic (exact) mass is 452 g/mol. The number of rotatable bonds is 8. The summed E-state index contributed by atoms with van der Waals surface area (Å²) in [5, 5.41) is 8.58. The molecule has 2 rings (SSSR count). The van der Waals surface area contributed by atoms with E-state index in [1.54, 1.807) is 43.5 Å². The number of nitrogens with one attached hydrogen (secondary N) is 3. The minimum absolute atomic E-state index is 0.0482. The van der Waals surface area contributed by atoms with Crippen molar-refractivity contribution in [3.8, 4) is 5.75 Å². The fourth-order valence-electron chi connectivity index (χ4n) is 2.40. The molecular formula is C20H22Cl2N4O4. The number of methoxy groups -OCH3 is 1. The molecule has 0 fully saturated rings. The van der Waals surface area contributed by atoms with Crippen LogP contribution in [0.1, 0.15) is 6.42 Å². The second-order valence-electron chi connectivity index (χ2n) is 6.29. The third-order valence-corrected chi connectivity index (χ3v) is 4.72. The number of likely N-dealkylation sites (N-methyl/N-ethyl adjacent to an activating group) is 1. The molecule has 0 aliphatic carbocycles. The summed E-state index contributed by atoms with van der Waals surface area (Å²) in [5.74, 6) is 0.0104. The molecule has 2 aromatic rings. The number of hydrogen-bond acceptors (Lipinski definition) is 4. The zero-order valence-electron chi connectivity index (χ0n) is 16.5. The maximum Gasteiger partial charge on any atom is 0.319 e. The first kappa shape index (κ1) is 23.3. The van der Waals surface area contributed by atoms with E-state index in [9.17, 15) is 14.4 Å². The molecule has 4 amide bonds. The van der Waals surface area contributed by atoms with Crippen LogP contribution in [0.2, 0.25) is 10.0 Å². The standard InChI is InChI=1S/C20H22Cl2N4O4/c1-26(12-18(27)24-14-5-8-16(21)17(22)11-14)19(28)9-10-23-20(29)25-13-3-6-15(30-2)7-4-13/h3-8,11H,9-10,12H2,1-2H3,(H,24,27)(H2,23,25,29). The summed E-state index contributed by atoms with van der Waals surface area (Å²) in [6, 6.07) is 11.1. The van der Waals surface area contributed by atoms with Crippen LogP contribution in [0.15, 0.2) is 42.5 Å². The molecule has 10 heteroatoms. The molecule has 0 unspecified atom stereocenters. The van der Waals surface area contributed by atoms with E-state index in [2.05, 4.69) is 16.0 Å². The smallest absolute Gasteiger partial charge is 0.319 e. The highest BCUT2D eigenvalue weighted by molar-refractivity contribution is 6.42. The van der Waals surface area contributed by atoms with Gasteiger partial charge in [0.1, 0.15) is 5.75 Å². The lowest BCUT2D eigenvalue weighted by Crippen LogP contribution is -2.37. The maximum absolute atomic E-state index is 12.2. The van der Waals surface area contributed by atoms with Crippen LogP contribution in [-0.4, -0.2) is 50.0 Å². The minimum Gasteiger partial charge on any atom is -0.497 e. The Balaban J connectivity index is 1.70. The van der Waals surface area contributed by atoms with Gasteiger partial charge in [-0.05, 0) is 42.5 Å². The molecule has 2 aromatic carbocycles. The Bertz CT molecular complexity index is 906. The molecule has 0 atom stereocenters. The molecule has 0 saturated heterocycles. The van der Waals surface area contributed by atoms with E-state index in [0.29, 0.717) is 27.2 Å². The summed E-state index contributed by atoms with van der Waals surface area (Å²) < 4.78 is 5.05. The summed E-state index contributed by atoms with van der Waals surface area (Å²) in [7, 11) is 3.06. The summed E-state index contributed by atoms with van der Waals surface area (Å²) in [5.41, 5.74) is 1.07. The number of anilines is 2. The predicted molar refractivity (Wildman–Crippen MR) is 117 cm³/mol. The molecule has 3 N–H and O–H groups in total. The molecule has 0 aliphatic heterocycles. The van der Waals surface area contributed by atoms with Gasteiger partial charge in [-0.2, -0.15) is 0 Å². The van der Waals surface area contributed by atoms with Gasteiger partial charge >= 0.3 is 6.03 Å². The quantitative estimate of drug-likeness (QED) is 0.569. The molecular weight excluding hydrogens is 431 g/mol. The number of halogens is 2. The van der Waals surface area contributed by atoms with Crippen LogP contribution in [0.25, 0.3) is 0 Å². The van der Waals surface area contributed by atoms with E-state index in [-0.39, 0.29) is 31.3 Å². The Morgan fingerprint density at radius 1 is 0.967 bits per heavy atom. The molecule has 0 bridgehead atoms. The van der Waals surface area contributed by atoms with Gasteiger partial charge in [-0.3, -0.25) is 9.59 Å². The number of nitrogens with zero attached hydrogens (tertiary/aromatic N) is 1. The van der Waals surface area contributed by atoms with Crippen molar-refractivity contribution in [3.63, 3.8) is 0 Å². The summed E-state index contributed by atoms with van der Waals surface area (Å²) in [6.45, 7) is -0.0172. The van der Waals surface area contributed by atoms with Crippen LogP contribution >= 0.6 is 23.2 Å². The van der Waals surface area contributed by atoms with Gasteiger partial charge in [-0.15, -0.1) is 0 Å². The van der Waals surface area contributed by atoms with Crippen LogP contribution in [0.4, 0.5) is 16.2 Å². The van der Waals surface area contributed by atoms with Crippen molar-refractivity contribution in [2.24, 2.45) is 0 Å². The first-order chi connectivity index (χ1) is 14.3.